The number of nitriles is 1. The van der Waals surface area contributed by atoms with E-state index in [9.17, 15) is 4.79 Å². The van der Waals surface area contributed by atoms with Crippen molar-refractivity contribution in [2.45, 2.75) is 38.6 Å². The van der Waals surface area contributed by atoms with Crippen molar-refractivity contribution >= 4 is 16.7 Å². The van der Waals surface area contributed by atoms with Gasteiger partial charge < -0.3 is 10.1 Å². The predicted molar refractivity (Wildman–Crippen MR) is 130 cm³/mol. The Balaban J connectivity index is 1.46. The van der Waals surface area contributed by atoms with Gasteiger partial charge >= 0.3 is 0 Å². The van der Waals surface area contributed by atoms with E-state index in [2.05, 4.69) is 16.3 Å². The highest BCUT2D eigenvalue weighted by Gasteiger charge is 2.28. The normalized spacial score (nSPS) is 13.1. The lowest BCUT2D eigenvalue weighted by molar-refractivity contribution is 0.0948. The van der Waals surface area contributed by atoms with Crippen LogP contribution in [-0.4, -0.2) is 48.1 Å². The molecule has 1 heterocycles. The van der Waals surface area contributed by atoms with Crippen LogP contribution < -0.4 is 10.1 Å². The maximum atomic E-state index is 13.1. The molecule has 0 radical (unpaired) electrons. The Labute approximate surface area is 195 Å². The molecule has 1 aliphatic rings. The van der Waals surface area contributed by atoms with Crippen LogP contribution in [0.25, 0.3) is 22.0 Å². The average molecular weight is 443 g/mol. The number of fused-ring (bicyclic) bond motifs is 1. The Hall–Kier alpha value is -3.43. The topological polar surface area (TPSA) is 78.2 Å². The lowest BCUT2D eigenvalue weighted by Crippen LogP contribution is -2.32. The maximum Gasteiger partial charge on any atom is 0.270 e. The number of carbonyl (C=O) groups excluding carboxylic acids is 1. The van der Waals surface area contributed by atoms with Crippen LogP contribution in [0, 0.1) is 11.3 Å². The molecule has 0 bridgehead atoms. The fourth-order valence-electron chi connectivity index (χ4n) is 4.09. The van der Waals surface area contributed by atoms with Gasteiger partial charge in [-0.15, -0.1) is 0 Å². The van der Waals surface area contributed by atoms with Crippen LogP contribution in [0.1, 0.15) is 43.1 Å². The summed E-state index contributed by atoms with van der Waals surface area (Å²) in [6, 6.07) is 20.5. The van der Waals surface area contributed by atoms with Gasteiger partial charge in [-0.05, 0) is 61.9 Å². The average Bonchev–Trinajstić information content (AvgIpc) is 3.69. The highest BCUT2D eigenvalue weighted by molar-refractivity contribution is 6.06. The number of benzene rings is 2. The Morgan fingerprint density at radius 1 is 1.18 bits per heavy atom. The standard InChI is InChI=1S/C27H30N4O2/c1-2-33-23-13-9-20(10-14-23)25-19-21-7-3-4-8-24(21)26(30-25)27(32)29-16-6-18-31(17-5-15-28)22-11-12-22/h3-4,7-10,13-14,19,22H,2,5-6,11-12,16-18H2,1H3,(H,29,32). The first-order valence-electron chi connectivity index (χ1n) is 11.7. The molecule has 1 amide bonds. The molecule has 6 heteroatoms. The molecule has 1 fully saturated rings. The van der Waals surface area contributed by atoms with E-state index in [1.807, 2.05) is 61.5 Å². The van der Waals surface area contributed by atoms with Crippen molar-refractivity contribution in [1.82, 2.24) is 15.2 Å². The van der Waals surface area contributed by atoms with Crippen LogP contribution >= 0.6 is 0 Å². The van der Waals surface area contributed by atoms with Gasteiger partial charge in [-0.1, -0.05) is 24.3 Å². The summed E-state index contributed by atoms with van der Waals surface area (Å²) in [5.74, 6) is 0.656. The van der Waals surface area contributed by atoms with Crippen molar-refractivity contribution in [3.05, 3.63) is 60.3 Å². The molecular weight excluding hydrogens is 412 g/mol. The van der Waals surface area contributed by atoms with Crippen LogP contribution in [-0.2, 0) is 0 Å². The molecule has 0 aliphatic heterocycles. The smallest absolute Gasteiger partial charge is 0.270 e. The highest BCUT2D eigenvalue weighted by atomic mass is 16.5. The maximum absolute atomic E-state index is 13.1. The zero-order chi connectivity index (χ0) is 23.0. The molecule has 0 atom stereocenters. The summed E-state index contributed by atoms with van der Waals surface area (Å²) in [6.45, 7) is 4.87. The molecular formula is C27H30N4O2. The second kappa shape index (κ2) is 10.9. The van der Waals surface area contributed by atoms with Crippen LogP contribution in [0.2, 0.25) is 0 Å². The molecule has 1 saturated carbocycles. The summed E-state index contributed by atoms with van der Waals surface area (Å²) in [7, 11) is 0. The number of rotatable bonds is 11. The zero-order valence-corrected chi connectivity index (χ0v) is 19.1. The summed E-state index contributed by atoms with van der Waals surface area (Å²) < 4.78 is 5.54. The van der Waals surface area contributed by atoms with Gasteiger partial charge in [0.05, 0.1) is 18.4 Å². The zero-order valence-electron chi connectivity index (χ0n) is 19.1. The van der Waals surface area contributed by atoms with Crippen LogP contribution in [0.15, 0.2) is 54.6 Å². The summed E-state index contributed by atoms with van der Waals surface area (Å²) in [5, 5.41) is 13.8. The SMILES string of the molecule is CCOc1ccc(-c2cc3ccccc3c(C(=O)NCCCN(CCC#N)C3CC3)n2)cc1. The predicted octanol–water partition coefficient (Wildman–Crippen LogP) is 4.80. The molecule has 170 valence electrons. The third-order valence-corrected chi connectivity index (χ3v) is 5.90. The molecule has 33 heavy (non-hydrogen) atoms. The minimum Gasteiger partial charge on any atom is -0.494 e. The third-order valence-electron chi connectivity index (χ3n) is 5.90. The second-order valence-corrected chi connectivity index (χ2v) is 8.32. The van der Waals surface area contributed by atoms with Gasteiger partial charge in [-0.3, -0.25) is 9.69 Å². The largest absolute Gasteiger partial charge is 0.494 e. The van der Waals surface area contributed by atoms with Crippen LogP contribution in [0.4, 0.5) is 0 Å². The van der Waals surface area contributed by atoms with Crippen molar-refractivity contribution in [3.63, 3.8) is 0 Å². The van der Waals surface area contributed by atoms with Gasteiger partial charge in [0.25, 0.3) is 5.91 Å². The Kier molecular flexibility index (Phi) is 7.54. The third kappa shape index (κ3) is 5.88. The number of nitrogens with one attached hydrogen (secondary N) is 1. The Morgan fingerprint density at radius 3 is 2.70 bits per heavy atom. The molecule has 1 aliphatic carbocycles. The van der Waals surface area contributed by atoms with E-state index in [-0.39, 0.29) is 5.91 Å². The van der Waals surface area contributed by atoms with Gasteiger partial charge in [0.1, 0.15) is 11.4 Å². The van der Waals surface area contributed by atoms with Crippen molar-refractivity contribution in [2.24, 2.45) is 0 Å². The van der Waals surface area contributed by atoms with E-state index in [0.29, 0.717) is 31.3 Å². The van der Waals surface area contributed by atoms with Gasteiger partial charge in [0.15, 0.2) is 0 Å². The van der Waals surface area contributed by atoms with Gasteiger partial charge in [0, 0.05) is 43.0 Å². The van der Waals surface area contributed by atoms with E-state index < -0.39 is 0 Å². The fraction of sp³-hybridized carbons (Fsp3) is 0.370. The van der Waals surface area contributed by atoms with Gasteiger partial charge in [-0.2, -0.15) is 5.26 Å². The molecule has 0 spiro atoms. The van der Waals surface area contributed by atoms with Crippen molar-refractivity contribution in [2.75, 3.05) is 26.2 Å². The fourth-order valence-corrected chi connectivity index (χ4v) is 4.09. The molecule has 4 rings (SSSR count). The first-order valence-corrected chi connectivity index (χ1v) is 11.7. The summed E-state index contributed by atoms with van der Waals surface area (Å²) in [6.07, 6.45) is 3.83. The van der Waals surface area contributed by atoms with Gasteiger partial charge in [-0.25, -0.2) is 4.98 Å². The first kappa shape index (κ1) is 22.8. The lowest BCUT2D eigenvalue weighted by atomic mass is 10.0. The van der Waals surface area contributed by atoms with E-state index in [4.69, 9.17) is 15.0 Å². The monoisotopic (exact) mass is 442 g/mol. The lowest BCUT2D eigenvalue weighted by Gasteiger charge is -2.20. The minimum atomic E-state index is -0.158. The number of pyridine rings is 1. The number of hydrogen-bond donors (Lipinski definition) is 1. The quantitative estimate of drug-likeness (QED) is 0.432. The molecule has 1 N–H and O–H groups in total. The molecule has 0 unspecified atom stereocenters. The number of amides is 1. The van der Waals surface area contributed by atoms with E-state index >= 15 is 0 Å². The molecule has 6 nitrogen and oxygen atoms in total. The number of ether oxygens (including phenoxy) is 1. The Bertz CT molecular complexity index is 1130. The summed E-state index contributed by atoms with van der Waals surface area (Å²) in [4.78, 5) is 20.2. The van der Waals surface area contributed by atoms with Crippen LogP contribution in [0.5, 0.6) is 5.75 Å². The number of nitrogens with zero attached hydrogens (tertiary/aromatic N) is 3. The Morgan fingerprint density at radius 2 is 1.97 bits per heavy atom. The van der Waals surface area contributed by atoms with Gasteiger partial charge in [0.2, 0.25) is 0 Å². The summed E-state index contributed by atoms with van der Waals surface area (Å²) >= 11 is 0. The molecule has 2 aromatic carbocycles. The first-order chi connectivity index (χ1) is 16.2. The highest BCUT2D eigenvalue weighted by Crippen LogP contribution is 2.28. The van der Waals surface area contributed by atoms with Crippen molar-refractivity contribution in [1.29, 1.82) is 5.26 Å². The van der Waals surface area contributed by atoms with E-state index in [0.717, 1.165) is 47.3 Å². The van der Waals surface area contributed by atoms with Crippen molar-refractivity contribution < 1.29 is 9.53 Å². The minimum absolute atomic E-state index is 0.158. The molecule has 1 aromatic heterocycles. The molecule has 0 saturated heterocycles. The number of aromatic nitrogens is 1. The van der Waals surface area contributed by atoms with E-state index in [1.54, 1.807) is 0 Å². The number of carbonyl (C=O) groups is 1. The molecule has 3 aromatic rings. The van der Waals surface area contributed by atoms with E-state index in [1.165, 1.54) is 12.8 Å². The van der Waals surface area contributed by atoms with Crippen LogP contribution in [0.3, 0.4) is 0 Å². The van der Waals surface area contributed by atoms with Crippen molar-refractivity contribution in [3.8, 4) is 23.1 Å². The second-order valence-electron chi connectivity index (χ2n) is 8.32. The number of hydrogen-bond acceptors (Lipinski definition) is 5. The summed E-state index contributed by atoms with van der Waals surface area (Å²) in [5.41, 5.74) is 2.15.